The summed E-state index contributed by atoms with van der Waals surface area (Å²) in [6.45, 7) is 0.814. The second kappa shape index (κ2) is 4.47. The molecule has 2 aromatic rings. The number of aromatic hydroxyl groups is 1. The standard InChI is InChI=1S/C13H14N2OS/c16-11-2-3-12-9(5-11)1-4-13(12)14-6-10-7-17-8-15-10/h2-3,5,7-8,13-14,16H,1,4,6H2. The van der Waals surface area contributed by atoms with E-state index >= 15 is 0 Å². The summed E-state index contributed by atoms with van der Waals surface area (Å²) in [7, 11) is 0. The van der Waals surface area contributed by atoms with Gasteiger partial charge >= 0.3 is 0 Å². The molecule has 0 bridgehead atoms. The third-order valence-electron chi connectivity index (χ3n) is 3.22. The van der Waals surface area contributed by atoms with E-state index in [2.05, 4.69) is 15.7 Å². The molecule has 0 radical (unpaired) electrons. The summed E-state index contributed by atoms with van der Waals surface area (Å²) < 4.78 is 0. The zero-order valence-corrected chi connectivity index (χ0v) is 10.2. The van der Waals surface area contributed by atoms with Crippen LogP contribution in [-0.4, -0.2) is 10.1 Å². The Morgan fingerprint density at radius 2 is 2.41 bits per heavy atom. The average molecular weight is 246 g/mol. The average Bonchev–Trinajstić information content (AvgIpc) is 2.94. The van der Waals surface area contributed by atoms with Gasteiger partial charge in [-0.3, -0.25) is 0 Å². The fourth-order valence-electron chi connectivity index (χ4n) is 2.37. The highest BCUT2D eigenvalue weighted by Crippen LogP contribution is 2.33. The van der Waals surface area contributed by atoms with Crippen LogP contribution < -0.4 is 5.32 Å². The van der Waals surface area contributed by atoms with Crippen molar-refractivity contribution in [3.05, 3.63) is 45.9 Å². The van der Waals surface area contributed by atoms with Gasteiger partial charge in [0.15, 0.2) is 0 Å². The third kappa shape index (κ3) is 2.18. The van der Waals surface area contributed by atoms with Crippen LogP contribution in [0.25, 0.3) is 0 Å². The molecule has 1 heterocycles. The number of phenolic OH excluding ortho intramolecular Hbond substituents is 1. The summed E-state index contributed by atoms with van der Waals surface area (Å²) in [5, 5.41) is 15.0. The van der Waals surface area contributed by atoms with Gasteiger partial charge in [0.25, 0.3) is 0 Å². The molecule has 1 unspecified atom stereocenters. The number of nitrogens with zero attached hydrogens (tertiary/aromatic N) is 1. The van der Waals surface area contributed by atoms with Crippen LogP contribution in [-0.2, 0) is 13.0 Å². The Labute approximate surface area is 104 Å². The zero-order valence-electron chi connectivity index (χ0n) is 9.39. The van der Waals surface area contributed by atoms with Gasteiger partial charge in [0.05, 0.1) is 11.2 Å². The summed E-state index contributed by atoms with van der Waals surface area (Å²) >= 11 is 1.63. The molecule has 17 heavy (non-hydrogen) atoms. The first-order chi connectivity index (χ1) is 8.33. The Morgan fingerprint density at radius 1 is 1.47 bits per heavy atom. The number of aryl methyl sites for hydroxylation is 1. The maximum atomic E-state index is 9.43. The van der Waals surface area contributed by atoms with E-state index in [1.54, 1.807) is 17.4 Å². The van der Waals surface area contributed by atoms with Gasteiger partial charge in [0.2, 0.25) is 0 Å². The summed E-state index contributed by atoms with van der Waals surface area (Å²) in [5.74, 6) is 0.365. The van der Waals surface area contributed by atoms with Crippen molar-refractivity contribution in [2.75, 3.05) is 0 Å². The summed E-state index contributed by atoms with van der Waals surface area (Å²) in [6.07, 6.45) is 2.14. The number of phenols is 1. The number of rotatable bonds is 3. The van der Waals surface area contributed by atoms with Gasteiger partial charge in [-0.2, -0.15) is 0 Å². The SMILES string of the molecule is Oc1ccc2c(c1)CCC2NCc1cscn1. The van der Waals surface area contributed by atoms with E-state index in [9.17, 15) is 5.11 Å². The summed E-state index contributed by atoms with van der Waals surface area (Å²) in [4.78, 5) is 4.26. The second-order valence-electron chi connectivity index (χ2n) is 4.34. The molecule has 0 spiro atoms. The van der Waals surface area contributed by atoms with Crippen molar-refractivity contribution in [2.24, 2.45) is 0 Å². The summed E-state index contributed by atoms with van der Waals surface area (Å²) in [5.41, 5.74) is 5.54. The fraction of sp³-hybridized carbons (Fsp3) is 0.308. The second-order valence-corrected chi connectivity index (χ2v) is 5.05. The van der Waals surface area contributed by atoms with Crippen LogP contribution in [0.15, 0.2) is 29.1 Å². The molecule has 88 valence electrons. The number of fused-ring (bicyclic) bond motifs is 1. The van der Waals surface area contributed by atoms with Crippen LogP contribution in [0.4, 0.5) is 0 Å². The zero-order chi connectivity index (χ0) is 11.7. The number of aromatic nitrogens is 1. The van der Waals surface area contributed by atoms with Crippen LogP contribution in [0.3, 0.4) is 0 Å². The Hall–Kier alpha value is -1.39. The number of thiazole rings is 1. The fourth-order valence-corrected chi connectivity index (χ4v) is 2.93. The lowest BCUT2D eigenvalue weighted by Gasteiger charge is -2.13. The van der Waals surface area contributed by atoms with E-state index in [1.165, 1.54) is 11.1 Å². The van der Waals surface area contributed by atoms with Gasteiger partial charge < -0.3 is 10.4 Å². The van der Waals surface area contributed by atoms with Crippen molar-refractivity contribution in [2.45, 2.75) is 25.4 Å². The highest BCUT2D eigenvalue weighted by Gasteiger charge is 2.22. The molecule has 2 N–H and O–H groups in total. The smallest absolute Gasteiger partial charge is 0.115 e. The van der Waals surface area contributed by atoms with Crippen LogP contribution in [0.5, 0.6) is 5.75 Å². The Morgan fingerprint density at radius 3 is 3.24 bits per heavy atom. The molecule has 0 amide bonds. The van der Waals surface area contributed by atoms with Crippen LogP contribution in [0.1, 0.15) is 29.3 Å². The van der Waals surface area contributed by atoms with Crippen LogP contribution >= 0.6 is 11.3 Å². The van der Waals surface area contributed by atoms with Crippen molar-refractivity contribution in [3.8, 4) is 5.75 Å². The van der Waals surface area contributed by atoms with E-state index in [1.807, 2.05) is 17.6 Å². The monoisotopic (exact) mass is 246 g/mol. The summed E-state index contributed by atoms with van der Waals surface area (Å²) in [6, 6.07) is 6.06. The van der Waals surface area contributed by atoms with E-state index in [0.717, 1.165) is 25.1 Å². The molecular formula is C13H14N2OS. The molecule has 1 aliphatic carbocycles. The molecule has 0 saturated carbocycles. The quantitative estimate of drug-likeness (QED) is 0.875. The topological polar surface area (TPSA) is 45.1 Å². The normalized spacial score (nSPS) is 18.2. The lowest BCUT2D eigenvalue weighted by Crippen LogP contribution is -2.18. The van der Waals surface area contributed by atoms with Gasteiger partial charge in [-0.05, 0) is 36.1 Å². The minimum Gasteiger partial charge on any atom is -0.508 e. The highest BCUT2D eigenvalue weighted by molar-refractivity contribution is 7.07. The molecule has 1 atom stereocenters. The van der Waals surface area contributed by atoms with Crippen LogP contribution in [0.2, 0.25) is 0 Å². The molecule has 4 heteroatoms. The van der Waals surface area contributed by atoms with Crippen molar-refractivity contribution in [1.82, 2.24) is 10.3 Å². The van der Waals surface area contributed by atoms with Gasteiger partial charge in [-0.15, -0.1) is 11.3 Å². The molecule has 0 saturated heterocycles. The maximum absolute atomic E-state index is 9.43. The first kappa shape index (κ1) is 10.7. The molecule has 3 nitrogen and oxygen atoms in total. The Bertz CT molecular complexity index is 510. The minimum absolute atomic E-state index is 0.365. The molecule has 1 aliphatic rings. The van der Waals surface area contributed by atoms with Gasteiger partial charge in [0.1, 0.15) is 5.75 Å². The molecule has 0 aliphatic heterocycles. The van der Waals surface area contributed by atoms with E-state index in [-0.39, 0.29) is 0 Å². The minimum atomic E-state index is 0.365. The first-order valence-electron chi connectivity index (χ1n) is 5.75. The maximum Gasteiger partial charge on any atom is 0.115 e. The van der Waals surface area contributed by atoms with E-state index < -0.39 is 0 Å². The predicted molar refractivity (Wildman–Crippen MR) is 68.1 cm³/mol. The number of hydrogen-bond donors (Lipinski definition) is 2. The lowest BCUT2D eigenvalue weighted by molar-refractivity contribution is 0.474. The van der Waals surface area contributed by atoms with Gasteiger partial charge in [0, 0.05) is 18.0 Å². The Kier molecular flexibility index (Phi) is 2.82. The number of benzene rings is 1. The van der Waals surface area contributed by atoms with E-state index in [0.29, 0.717) is 11.8 Å². The highest BCUT2D eigenvalue weighted by atomic mass is 32.1. The molecular weight excluding hydrogens is 232 g/mol. The van der Waals surface area contributed by atoms with E-state index in [4.69, 9.17) is 0 Å². The predicted octanol–water partition coefficient (Wildman–Crippen LogP) is 2.63. The Balaban J connectivity index is 1.71. The van der Waals surface area contributed by atoms with Crippen molar-refractivity contribution in [1.29, 1.82) is 0 Å². The molecule has 3 rings (SSSR count). The number of hydrogen-bond acceptors (Lipinski definition) is 4. The van der Waals surface area contributed by atoms with Gasteiger partial charge in [-0.25, -0.2) is 4.98 Å². The van der Waals surface area contributed by atoms with Crippen molar-refractivity contribution < 1.29 is 5.11 Å². The lowest BCUT2D eigenvalue weighted by atomic mass is 10.1. The largest absolute Gasteiger partial charge is 0.508 e. The number of nitrogens with one attached hydrogen (secondary N) is 1. The van der Waals surface area contributed by atoms with Crippen molar-refractivity contribution >= 4 is 11.3 Å². The molecule has 0 fully saturated rings. The molecule has 1 aromatic carbocycles. The first-order valence-corrected chi connectivity index (χ1v) is 6.69. The third-order valence-corrected chi connectivity index (χ3v) is 3.85. The molecule has 1 aromatic heterocycles. The van der Waals surface area contributed by atoms with Crippen LogP contribution in [0, 0.1) is 0 Å². The van der Waals surface area contributed by atoms with Crippen molar-refractivity contribution in [3.63, 3.8) is 0 Å². The van der Waals surface area contributed by atoms with Gasteiger partial charge in [-0.1, -0.05) is 6.07 Å².